The Kier molecular flexibility index (Phi) is 3.91. The van der Waals surface area contributed by atoms with Crippen molar-refractivity contribution in [2.45, 2.75) is 37.6 Å². The molecule has 0 saturated heterocycles. The minimum atomic E-state index is -0.511. The van der Waals surface area contributed by atoms with E-state index >= 15 is 0 Å². The van der Waals surface area contributed by atoms with Gasteiger partial charge < -0.3 is 11.1 Å². The first-order valence-corrected chi connectivity index (χ1v) is 6.27. The van der Waals surface area contributed by atoms with Crippen LogP contribution in [0.3, 0.4) is 0 Å². The van der Waals surface area contributed by atoms with E-state index in [0.29, 0.717) is 6.54 Å². The van der Waals surface area contributed by atoms with Crippen molar-refractivity contribution in [3.8, 4) is 0 Å². The molecule has 4 nitrogen and oxygen atoms in total. The molecule has 1 fully saturated rings. The van der Waals surface area contributed by atoms with Crippen LogP contribution < -0.4 is 11.1 Å². The molecular formula is C13H18FN3O. The van der Waals surface area contributed by atoms with E-state index in [0.717, 1.165) is 31.9 Å². The molecule has 1 amide bonds. The summed E-state index contributed by atoms with van der Waals surface area (Å²) >= 11 is 0. The van der Waals surface area contributed by atoms with Crippen molar-refractivity contribution in [1.82, 2.24) is 10.3 Å². The second-order valence-corrected chi connectivity index (χ2v) is 5.00. The highest BCUT2D eigenvalue weighted by Crippen LogP contribution is 2.25. The van der Waals surface area contributed by atoms with Gasteiger partial charge in [-0.2, -0.15) is 0 Å². The maximum atomic E-state index is 12.9. The SMILES string of the molecule is NC1(CNC(=O)c2cncc(F)c2)CCCCC1. The van der Waals surface area contributed by atoms with E-state index in [1.54, 1.807) is 0 Å². The van der Waals surface area contributed by atoms with Crippen LogP contribution in [0.5, 0.6) is 0 Å². The highest BCUT2D eigenvalue weighted by atomic mass is 19.1. The molecule has 98 valence electrons. The summed E-state index contributed by atoms with van der Waals surface area (Å²) in [6, 6.07) is 1.17. The summed E-state index contributed by atoms with van der Waals surface area (Å²) in [4.78, 5) is 15.5. The highest BCUT2D eigenvalue weighted by molar-refractivity contribution is 5.93. The number of rotatable bonds is 3. The molecule has 1 aromatic rings. The van der Waals surface area contributed by atoms with Crippen molar-refractivity contribution in [2.75, 3.05) is 6.54 Å². The number of carbonyl (C=O) groups excluding carboxylic acids is 1. The molecule has 1 aliphatic rings. The zero-order valence-electron chi connectivity index (χ0n) is 10.3. The maximum Gasteiger partial charge on any atom is 0.253 e. The molecule has 0 bridgehead atoms. The van der Waals surface area contributed by atoms with Gasteiger partial charge in [-0.3, -0.25) is 9.78 Å². The Morgan fingerprint density at radius 2 is 2.11 bits per heavy atom. The summed E-state index contributed by atoms with van der Waals surface area (Å²) in [6.45, 7) is 0.433. The lowest BCUT2D eigenvalue weighted by atomic mass is 9.82. The summed E-state index contributed by atoms with van der Waals surface area (Å²) < 4.78 is 12.9. The van der Waals surface area contributed by atoms with E-state index in [2.05, 4.69) is 10.3 Å². The van der Waals surface area contributed by atoms with Crippen LogP contribution in [-0.2, 0) is 0 Å². The van der Waals surface area contributed by atoms with Gasteiger partial charge in [0.1, 0.15) is 5.82 Å². The Balaban J connectivity index is 1.92. The summed E-state index contributed by atoms with van der Waals surface area (Å²) in [5, 5.41) is 2.77. The van der Waals surface area contributed by atoms with Gasteiger partial charge in [0.15, 0.2) is 0 Å². The Morgan fingerprint density at radius 1 is 1.39 bits per heavy atom. The molecule has 1 saturated carbocycles. The first-order valence-electron chi connectivity index (χ1n) is 6.27. The van der Waals surface area contributed by atoms with Gasteiger partial charge in [0, 0.05) is 18.3 Å². The summed E-state index contributed by atoms with van der Waals surface area (Å²) in [5.74, 6) is -0.833. The standard InChI is InChI=1S/C13H18FN3O/c14-11-6-10(7-16-8-11)12(18)17-9-13(15)4-2-1-3-5-13/h6-8H,1-5,9,15H2,(H,17,18). The normalized spacial score (nSPS) is 18.3. The molecule has 1 aliphatic carbocycles. The Morgan fingerprint density at radius 3 is 2.78 bits per heavy atom. The molecule has 0 aliphatic heterocycles. The number of aromatic nitrogens is 1. The number of nitrogens with two attached hydrogens (primary N) is 1. The quantitative estimate of drug-likeness (QED) is 0.857. The average Bonchev–Trinajstić information content (AvgIpc) is 2.37. The van der Waals surface area contributed by atoms with E-state index in [4.69, 9.17) is 5.73 Å². The van der Waals surface area contributed by atoms with Gasteiger partial charge in [-0.15, -0.1) is 0 Å². The average molecular weight is 251 g/mol. The Hall–Kier alpha value is -1.49. The third-order valence-electron chi connectivity index (χ3n) is 3.42. The zero-order valence-corrected chi connectivity index (χ0v) is 10.3. The molecule has 0 radical (unpaired) electrons. The lowest BCUT2D eigenvalue weighted by Gasteiger charge is -2.33. The number of amides is 1. The van der Waals surface area contributed by atoms with Crippen molar-refractivity contribution in [3.63, 3.8) is 0 Å². The van der Waals surface area contributed by atoms with Gasteiger partial charge in [-0.25, -0.2) is 4.39 Å². The second kappa shape index (κ2) is 5.44. The summed E-state index contributed by atoms with van der Waals surface area (Å²) in [5.41, 5.74) is 6.13. The molecular weight excluding hydrogens is 233 g/mol. The fourth-order valence-corrected chi connectivity index (χ4v) is 2.33. The largest absolute Gasteiger partial charge is 0.350 e. The van der Waals surface area contributed by atoms with E-state index in [9.17, 15) is 9.18 Å². The third kappa shape index (κ3) is 3.26. The first kappa shape index (κ1) is 13.0. The van der Waals surface area contributed by atoms with Crippen LogP contribution in [0.1, 0.15) is 42.5 Å². The lowest BCUT2D eigenvalue weighted by molar-refractivity contribution is 0.0937. The van der Waals surface area contributed by atoms with Crippen molar-refractivity contribution in [2.24, 2.45) is 5.73 Å². The van der Waals surface area contributed by atoms with Crippen LogP contribution in [0.2, 0.25) is 0 Å². The van der Waals surface area contributed by atoms with Crippen LogP contribution in [0.15, 0.2) is 18.5 Å². The maximum absolute atomic E-state index is 12.9. The smallest absolute Gasteiger partial charge is 0.253 e. The Bertz CT molecular complexity index is 430. The molecule has 5 heteroatoms. The van der Waals surface area contributed by atoms with E-state index in [-0.39, 0.29) is 17.0 Å². The van der Waals surface area contributed by atoms with Crippen molar-refractivity contribution in [3.05, 3.63) is 29.8 Å². The van der Waals surface area contributed by atoms with Gasteiger partial charge in [0.25, 0.3) is 5.91 Å². The third-order valence-corrected chi connectivity index (χ3v) is 3.42. The summed E-state index contributed by atoms with van der Waals surface area (Å²) in [7, 11) is 0. The van der Waals surface area contributed by atoms with Crippen LogP contribution in [0.4, 0.5) is 4.39 Å². The van der Waals surface area contributed by atoms with Gasteiger partial charge in [0.2, 0.25) is 0 Å². The minimum Gasteiger partial charge on any atom is -0.350 e. The fourth-order valence-electron chi connectivity index (χ4n) is 2.33. The topological polar surface area (TPSA) is 68.0 Å². The molecule has 1 heterocycles. The van der Waals surface area contributed by atoms with Gasteiger partial charge in [-0.05, 0) is 18.9 Å². The van der Waals surface area contributed by atoms with E-state index in [1.807, 2.05) is 0 Å². The number of hydrogen-bond donors (Lipinski definition) is 2. The van der Waals surface area contributed by atoms with E-state index < -0.39 is 5.82 Å². The summed E-state index contributed by atoms with van der Waals surface area (Å²) in [6.07, 6.45) is 7.69. The highest BCUT2D eigenvalue weighted by Gasteiger charge is 2.27. The number of pyridine rings is 1. The molecule has 0 aromatic carbocycles. The minimum absolute atomic E-state index is 0.231. The van der Waals surface area contributed by atoms with Crippen LogP contribution in [0, 0.1) is 5.82 Å². The van der Waals surface area contributed by atoms with Crippen molar-refractivity contribution in [1.29, 1.82) is 0 Å². The molecule has 0 unspecified atom stereocenters. The molecule has 18 heavy (non-hydrogen) atoms. The fraction of sp³-hybridized carbons (Fsp3) is 0.538. The predicted molar refractivity (Wildman–Crippen MR) is 66.5 cm³/mol. The van der Waals surface area contributed by atoms with Gasteiger partial charge in [0.05, 0.1) is 11.8 Å². The number of halogens is 1. The number of nitrogens with zero attached hydrogens (tertiary/aromatic N) is 1. The lowest BCUT2D eigenvalue weighted by Crippen LogP contribution is -2.51. The van der Waals surface area contributed by atoms with Crippen LogP contribution in [-0.4, -0.2) is 23.0 Å². The van der Waals surface area contributed by atoms with Crippen molar-refractivity contribution >= 4 is 5.91 Å². The predicted octanol–water partition coefficient (Wildman–Crippen LogP) is 1.61. The van der Waals surface area contributed by atoms with Crippen LogP contribution in [0.25, 0.3) is 0 Å². The van der Waals surface area contributed by atoms with Crippen molar-refractivity contribution < 1.29 is 9.18 Å². The Labute approximate surface area is 106 Å². The van der Waals surface area contributed by atoms with Gasteiger partial charge >= 0.3 is 0 Å². The molecule has 0 atom stereocenters. The molecule has 2 rings (SSSR count). The van der Waals surface area contributed by atoms with Gasteiger partial charge in [-0.1, -0.05) is 19.3 Å². The number of carbonyl (C=O) groups is 1. The number of hydrogen-bond acceptors (Lipinski definition) is 3. The van der Waals surface area contributed by atoms with Crippen LogP contribution >= 0.6 is 0 Å². The molecule has 0 spiro atoms. The zero-order chi connectivity index (χ0) is 13.0. The monoisotopic (exact) mass is 251 g/mol. The first-order chi connectivity index (χ1) is 8.59. The number of nitrogens with one attached hydrogen (secondary N) is 1. The molecule has 3 N–H and O–H groups in total. The van der Waals surface area contributed by atoms with E-state index in [1.165, 1.54) is 18.7 Å². The molecule has 1 aromatic heterocycles. The second-order valence-electron chi connectivity index (χ2n) is 5.00.